The van der Waals surface area contributed by atoms with Crippen LogP contribution in [0.5, 0.6) is 5.75 Å². The first-order valence-electron chi connectivity index (χ1n) is 6.95. The molecule has 0 radical (unpaired) electrons. The van der Waals surface area contributed by atoms with E-state index in [1.54, 1.807) is 24.3 Å². The maximum absolute atomic E-state index is 12.0. The van der Waals surface area contributed by atoms with Crippen molar-refractivity contribution in [2.75, 3.05) is 18.1 Å². The van der Waals surface area contributed by atoms with Crippen LogP contribution in [0.15, 0.2) is 24.3 Å². The Morgan fingerprint density at radius 1 is 1.30 bits per heavy atom. The molecule has 0 amide bonds. The lowest BCUT2D eigenvalue weighted by Gasteiger charge is -2.41. The number of rotatable bonds is 7. The van der Waals surface area contributed by atoms with Gasteiger partial charge in [-0.2, -0.15) is 0 Å². The zero-order chi connectivity index (χ0) is 14.6. The molecule has 1 fully saturated rings. The molecule has 6 heteroatoms. The van der Waals surface area contributed by atoms with Gasteiger partial charge in [-0.3, -0.25) is 0 Å². The molecule has 1 aliphatic rings. The summed E-state index contributed by atoms with van der Waals surface area (Å²) in [4.78, 5) is 0. The van der Waals surface area contributed by atoms with Crippen molar-refractivity contribution >= 4 is 15.7 Å². The smallest absolute Gasteiger partial charge is 0.215 e. The van der Waals surface area contributed by atoms with Crippen molar-refractivity contribution < 1.29 is 13.2 Å². The maximum atomic E-state index is 12.0. The third kappa shape index (κ3) is 3.86. The maximum Gasteiger partial charge on any atom is 0.215 e. The van der Waals surface area contributed by atoms with Crippen LogP contribution in [0.4, 0.5) is 5.69 Å². The Bertz CT molecular complexity index is 531. The van der Waals surface area contributed by atoms with Crippen LogP contribution in [0.3, 0.4) is 0 Å². The number of hydrogen-bond donors (Lipinski definition) is 2. The van der Waals surface area contributed by atoms with Gasteiger partial charge in [0.1, 0.15) is 12.4 Å². The molecule has 3 N–H and O–H groups in total. The highest BCUT2D eigenvalue weighted by atomic mass is 32.2. The molecular weight excluding hydrogens is 276 g/mol. The van der Waals surface area contributed by atoms with E-state index in [-0.39, 0.29) is 17.9 Å². The molecule has 0 aliphatic heterocycles. The van der Waals surface area contributed by atoms with E-state index in [4.69, 9.17) is 10.5 Å². The van der Waals surface area contributed by atoms with Crippen molar-refractivity contribution in [3.05, 3.63) is 24.3 Å². The Morgan fingerprint density at radius 3 is 2.45 bits per heavy atom. The summed E-state index contributed by atoms with van der Waals surface area (Å²) in [6.45, 7) is 2.16. The second kappa shape index (κ2) is 6.01. The van der Waals surface area contributed by atoms with E-state index in [0.717, 1.165) is 25.7 Å². The normalized spacial score (nSPS) is 17.4. The van der Waals surface area contributed by atoms with Gasteiger partial charge in [0.25, 0.3) is 0 Å². The Labute approximate surface area is 120 Å². The summed E-state index contributed by atoms with van der Waals surface area (Å²) in [6.07, 6.45) is 3.80. The van der Waals surface area contributed by atoms with Crippen LogP contribution in [-0.4, -0.2) is 26.3 Å². The molecule has 1 aliphatic carbocycles. The SMILES string of the molecule is CCC1(NS(=O)(=O)CCOc2ccc(N)cc2)CCC1. The molecule has 112 valence electrons. The molecule has 0 bridgehead atoms. The fraction of sp³-hybridized carbons (Fsp3) is 0.571. The minimum atomic E-state index is -3.29. The van der Waals surface area contributed by atoms with Crippen LogP contribution >= 0.6 is 0 Å². The average molecular weight is 298 g/mol. The minimum absolute atomic E-state index is 0.0286. The van der Waals surface area contributed by atoms with Gasteiger partial charge < -0.3 is 10.5 Å². The number of nitrogens with two attached hydrogens (primary N) is 1. The monoisotopic (exact) mass is 298 g/mol. The van der Waals surface area contributed by atoms with Crippen molar-refractivity contribution in [2.24, 2.45) is 0 Å². The van der Waals surface area contributed by atoms with E-state index >= 15 is 0 Å². The molecule has 5 nitrogen and oxygen atoms in total. The van der Waals surface area contributed by atoms with Crippen molar-refractivity contribution in [3.63, 3.8) is 0 Å². The summed E-state index contributed by atoms with van der Waals surface area (Å²) < 4.78 is 32.3. The van der Waals surface area contributed by atoms with E-state index in [9.17, 15) is 8.42 Å². The molecule has 1 saturated carbocycles. The Morgan fingerprint density at radius 2 is 1.95 bits per heavy atom. The second-order valence-electron chi connectivity index (χ2n) is 5.33. The van der Waals surface area contributed by atoms with E-state index < -0.39 is 10.0 Å². The molecule has 0 aromatic heterocycles. The van der Waals surface area contributed by atoms with Gasteiger partial charge in [-0.15, -0.1) is 0 Å². The van der Waals surface area contributed by atoms with Crippen molar-refractivity contribution in [2.45, 2.75) is 38.1 Å². The van der Waals surface area contributed by atoms with Crippen LogP contribution in [0.25, 0.3) is 0 Å². The highest BCUT2D eigenvalue weighted by Gasteiger charge is 2.38. The van der Waals surface area contributed by atoms with Gasteiger partial charge >= 0.3 is 0 Å². The topological polar surface area (TPSA) is 81.4 Å². The molecule has 2 rings (SSSR count). The zero-order valence-corrected chi connectivity index (χ0v) is 12.6. The van der Waals surface area contributed by atoms with Gasteiger partial charge in [0.15, 0.2) is 0 Å². The van der Waals surface area contributed by atoms with Crippen LogP contribution in [0, 0.1) is 0 Å². The molecule has 1 aromatic carbocycles. The van der Waals surface area contributed by atoms with Crippen molar-refractivity contribution in [3.8, 4) is 5.75 Å². The van der Waals surface area contributed by atoms with E-state index in [1.807, 2.05) is 6.92 Å². The third-order valence-corrected chi connectivity index (χ3v) is 5.31. The fourth-order valence-electron chi connectivity index (χ4n) is 2.35. The largest absolute Gasteiger partial charge is 0.492 e. The van der Waals surface area contributed by atoms with Gasteiger partial charge in [0.2, 0.25) is 10.0 Å². The summed E-state index contributed by atoms with van der Waals surface area (Å²) in [5, 5.41) is 0. The first-order valence-corrected chi connectivity index (χ1v) is 8.60. The Hall–Kier alpha value is -1.27. The van der Waals surface area contributed by atoms with Gasteiger partial charge in [-0.25, -0.2) is 13.1 Å². The predicted molar refractivity (Wildman–Crippen MR) is 80.1 cm³/mol. The van der Waals surface area contributed by atoms with E-state index in [1.165, 1.54) is 0 Å². The first kappa shape index (κ1) is 15.1. The lowest BCUT2D eigenvalue weighted by Crippen LogP contribution is -2.53. The molecular formula is C14H22N2O3S. The van der Waals surface area contributed by atoms with Crippen LogP contribution in [0.1, 0.15) is 32.6 Å². The number of benzene rings is 1. The van der Waals surface area contributed by atoms with Crippen molar-refractivity contribution in [1.82, 2.24) is 4.72 Å². The predicted octanol–water partition coefficient (Wildman–Crippen LogP) is 1.90. The number of anilines is 1. The highest BCUT2D eigenvalue weighted by molar-refractivity contribution is 7.89. The number of hydrogen-bond acceptors (Lipinski definition) is 4. The van der Waals surface area contributed by atoms with Crippen LogP contribution < -0.4 is 15.2 Å². The summed E-state index contributed by atoms with van der Waals surface area (Å²) in [5.74, 6) is 0.599. The van der Waals surface area contributed by atoms with Gasteiger partial charge in [-0.05, 0) is 49.9 Å². The summed E-state index contributed by atoms with van der Waals surface area (Å²) in [5.41, 5.74) is 6.02. The van der Waals surface area contributed by atoms with Crippen molar-refractivity contribution in [1.29, 1.82) is 0 Å². The number of nitrogens with one attached hydrogen (secondary N) is 1. The highest BCUT2D eigenvalue weighted by Crippen LogP contribution is 2.35. The number of nitrogen functional groups attached to an aromatic ring is 1. The standard InChI is InChI=1S/C14H22N2O3S/c1-2-14(8-3-9-14)16-20(17,18)11-10-19-13-6-4-12(15)5-7-13/h4-7,16H,2-3,8-11,15H2,1H3. The van der Waals surface area contributed by atoms with E-state index in [2.05, 4.69) is 4.72 Å². The second-order valence-corrected chi connectivity index (χ2v) is 7.17. The fourth-order valence-corrected chi connectivity index (χ4v) is 3.76. The lowest BCUT2D eigenvalue weighted by molar-refractivity contribution is 0.213. The Kier molecular flexibility index (Phi) is 4.55. The molecule has 0 atom stereocenters. The minimum Gasteiger partial charge on any atom is -0.492 e. The lowest BCUT2D eigenvalue weighted by atomic mass is 9.76. The Balaban J connectivity index is 1.82. The van der Waals surface area contributed by atoms with Crippen LogP contribution in [0.2, 0.25) is 0 Å². The first-order chi connectivity index (χ1) is 9.45. The molecule has 20 heavy (non-hydrogen) atoms. The van der Waals surface area contributed by atoms with Gasteiger partial charge in [0, 0.05) is 11.2 Å². The van der Waals surface area contributed by atoms with Gasteiger partial charge in [-0.1, -0.05) is 6.92 Å². The van der Waals surface area contributed by atoms with Gasteiger partial charge in [0.05, 0.1) is 5.75 Å². The molecule has 0 unspecified atom stereocenters. The summed E-state index contributed by atoms with van der Waals surface area (Å²) in [6, 6.07) is 6.91. The average Bonchev–Trinajstić information content (AvgIpc) is 2.36. The molecule has 0 spiro atoms. The number of ether oxygens (including phenoxy) is 1. The number of sulfonamides is 1. The quantitative estimate of drug-likeness (QED) is 0.753. The molecule has 1 aromatic rings. The molecule has 0 heterocycles. The van der Waals surface area contributed by atoms with Crippen LogP contribution in [-0.2, 0) is 10.0 Å². The summed E-state index contributed by atoms with van der Waals surface area (Å²) >= 11 is 0. The summed E-state index contributed by atoms with van der Waals surface area (Å²) in [7, 11) is -3.29. The zero-order valence-electron chi connectivity index (χ0n) is 11.8. The third-order valence-electron chi connectivity index (χ3n) is 3.86. The molecule has 0 saturated heterocycles. The van der Waals surface area contributed by atoms with E-state index in [0.29, 0.717) is 11.4 Å².